The second-order valence-electron chi connectivity index (χ2n) is 3.76. The van der Waals surface area contributed by atoms with Crippen LogP contribution in [0.15, 0.2) is 0 Å². The van der Waals surface area contributed by atoms with Gasteiger partial charge in [-0.05, 0) is 12.8 Å². The molecular formula is C10H14FIO4. The van der Waals surface area contributed by atoms with Gasteiger partial charge in [0, 0.05) is 3.92 Å². The van der Waals surface area contributed by atoms with E-state index in [9.17, 15) is 14.0 Å². The lowest BCUT2D eigenvalue weighted by Gasteiger charge is -2.32. The molecule has 0 bridgehead atoms. The third kappa shape index (κ3) is 2.83. The average Bonchev–Trinajstić information content (AvgIpc) is 2.30. The number of carbonyl (C=O) groups excluding carboxylic acids is 2. The van der Waals surface area contributed by atoms with E-state index in [0.29, 0.717) is 6.42 Å². The van der Waals surface area contributed by atoms with Gasteiger partial charge in [-0.2, -0.15) is 0 Å². The SMILES string of the molecule is COC(=O)[C@H]1C[C@@H](F)[C@H](I)C[C@H]1C(=O)OC. The third-order valence-electron chi connectivity index (χ3n) is 2.84. The Hall–Kier alpha value is -0.400. The van der Waals surface area contributed by atoms with Crippen molar-refractivity contribution in [3.8, 4) is 0 Å². The Labute approximate surface area is 107 Å². The molecule has 0 amide bonds. The fourth-order valence-corrected chi connectivity index (χ4v) is 2.77. The van der Waals surface area contributed by atoms with Crippen molar-refractivity contribution < 1.29 is 23.5 Å². The lowest BCUT2D eigenvalue weighted by atomic mass is 9.78. The summed E-state index contributed by atoms with van der Waals surface area (Å²) in [5.74, 6) is -2.32. The first kappa shape index (κ1) is 13.7. The fourth-order valence-electron chi connectivity index (χ4n) is 1.93. The molecule has 16 heavy (non-hydrogen) atoms. The molecule has 0 spiro atoms. The number of methoxy groups -OCH3 is 2. The summed E-state index contributed by atoms with van der Waals surface area (Å²) in [6, 6.07) is 0. The van der Waals surface area contributed by atoms with Gasteiger partial charge in [-0.3, -0.25) is 9.59 Å². The highest BCUT2D eigenvalue weighted by atomic mass is 127. The molecule has 1 rings (SSSR count). The molecule has 0 aromatic heterocycles. The lowest BCUT2D eigenvalue weighted by molar-refractivity contribution is -0.160. The summed E-state index contributed by atoms with van der Waals surface area (Å²) < 4.78 is 22.4. The Morgan fingerprint density at radius 3 is 2.00 bits per heavy atom. The number of hydrogen-bond acceptors (Lipinski definition) is 4. The zero-order valence-corrected chi connectivity index (χ0v) is 11.3. The van der Waals surface area contributed by atoms with Gasteiger partial charge in [-0.25, -0.2) is 4.39 Å². The highest BCUT2D eigenvalue weighted by Gasteiger charge is 2.44. The van der Waals surface area contributed by atoms with Crippen molar-refractivity contribution in [3.63, 3.8) is 0 Å². The number of carbonyl (C=O) groups is 2. The van der Waals surface area contributed by atoms with Crippen molar-refractivity contribution in [2.75, 3.05) is 14.2 Å². The maximum absolute atomic E-state index is 13.5. The maximum atomic E-state index is 13.5. The second kappa shape index (κ2) is 5.79. The Kier molecular flexibility index (Phi) is 4.94. The molecule has 0 saturated heterocycles. The van der Waals surface area contributed by atoms with Crippen molar-refractivity contribution >= 4 is 34.5 Å². The van der Waals surface area contributed by atoms with Gasteiger partial charge in [0.1, 0.15) is 6.17 Å². The molecule has 0 radical (unpaired) electrons. The van der Waals surface area contributed by atoms with Crippen LogP contribution in [-0.2, 0) is 19.1 Å². The number of hydrogen-bond donors (Lipinski definition) is 0. The molecule has 1 aliphatic rings. The summed E-state index contributed by atoms with van der Waals surface area (Å²) in [6.45, 7) is 0. The van der Waals surface area contributed by atoms with Crippen LogP contribution < -0.4 is 0 Å². The first-order valence-electron chi connectivity index (χ1n) is 4.95. The maximum Gasteiger partial charge on any atom is 0.309 e. The van der Waals surface area contributed by atoms with E-state index < -0.39 is 29.9 Å². The molecule has 4 nitrogen and oxygen atoms in total. The second-order valence-corrected chi connectivity index (χ2v) is 5.36. The van der Waals surface area contributed by atoms with Gasteiger partial charge in [-0.1, -0.05) is 22.6 Å². The van der Waals surface area contributed by atoms with E-state index in [2.05, 4.69) is 9.47 Å². The Bertz CT molecular complexity index is 256. The minimum Gasteiger partial charge on any atom is -0.469 e. The smallest absolute Gasteiger partial charge is 0.309 e. The zero-order chi connectivity index (χ0) is 12.3. The molecule has 1 fully saturated rings. The molecular weight excluding hydrogens is 330 g/mol. The summed E-state index contributed by atoms with van der Waals surface area (Å²) in [7, 11) is 2.50. The molecule has 0 aromatic rings. The fraction of sp³-hybridized carbons (Fsp3) is 0.800. The number of halogens is 2. The molecule has 1 aliphatic carbocycles. The molecule has 0 N–H and O–H groups in total. The van der Waals surface area contributed by atoms with E-state index in [1.165, 1.54) is 14.2 Å². The minimum absolute atomic E-state index is 0.0278. The van der Waals surface area contributed by atoms with E-state index in [0.717, 1.165) is 0 Å². The molecule has 4 atom stereocenters. The molecule has 0 aromatic carbocycles. The van der Waals surface area contributed by atoms with Gasteiger partial charge in [0.15, 0.2) is 0 Å². The summed E-state index contributed by atoms with van der Waals surface area (Å²) >= 11 is 1.96. The normalized spacial score (nSPS) is 34.2. The van der Waals surface area contributed by atoms with Crippen LogP contribution in [0.25, 0.3) is 0 Å². The first-order valence-corrected chi connectivity index (χ1v) is 6.19. The highest BCUT2D eigenvalue weighted by molar-refractivity contribution is 14.1. The van der Waals surface area contributed by atoms with E-state index in [1.807, 2.05) is 22.6 Å². The van der Waals surface area contributed by atoms with Crippen molar-refractivity contribution in [1.29, 1.82) is 0 Å². The zero-order valence-electron chi connectivity index (χ0n) is 9.11. The van der Waals surface area contributed by atoms with Crippen molar-refractivity contribution in [1.82, 2.24) is 0 Å². The van der Waals surface area contributed by atoms with Gasteiger partial charge in [0.2, 0.25) is 0 Å². The van der Waals surface area contributed by atoms with Crippen LogP contribution in [-0.4, -0.2) is 36.3 Å². The van der Waals surface area contributed by atoms with Crippen molar-refractivity contribution in [2.45, 2.75) is 22.9 Å². The summed E-state index contributed by atoms with van der Waals surface area (Å²) in [5, 5.41) is 0. The number of esters is 2. The van der Waals surface area contributed by atoms with Crippen LogP contribution >= 0.6 is 22.6 Å². The molecule has 1 saturated carbocycles. The van der Waals surface area contributed by atoms with Crippen molar-refractivity contribution in [2.24, 2.45) is 11.8 Å². The molecule has 0 unspecified atom stereocenters. The first-order chi connectivity index (χ1) is 7.51. The monoisotopic (exact) mass is 344 g/mol. The van der Waals surface area contributed by atoms with E-state index in [1.54, 1.807) is 0 Å². The van der Waals surface area contributed by atoms with Gasteiger partial charge >= 0.3 is 11.9 Å². The Balaban J connectivity index is 2.83. The standard InChI is InChI=1S/C10H14FIO4/c1-15-9(13)5-3-7(11)8(12)4-6(5)10(14)16-2/h5-8H,3-4H2,1-2H3/t5-,6+,7+,8+/m0/s1. The van der Waals surface area contributed by atoms with E-state index in [4.69, 9.17) is 0 Å². The predicted octanol–water partition coefficient (Wildman–Crippen LogP) is 1.50. The van der Waals surface area contributed by atoms with E-state index >= 15 is 0 Å². The molecule has 92 valence electrons. The van der Waals surface area contributed by atoms with Gasteiger partial charge in [0.05, 0.1) is 26.1 Å². The van der Waals surface area contributed by atoms with Gasteiger partial charge in [0.25, 0.3) is 0 Å². The Morgan fingerprint density at radius 2 is 1.56 bits per heavy atom. The Morgan fingerprint density at radius 1 is 1.12 bits per heavy atom. The summed E-state index contributed by atoms with van der Waals surface area (Å²) in [4.78, 5) is 22.9. The van der Waals surface area contributed by atoms with Gasteiger partial charge < -0.3 is 9.47 Å². The minimum atomic E-state index is -1.08. The average molecular weight is 344 g/mol. The lowest BCUT2D eigenvalue weighted by Crippen LogP contribution is -2.42. The van der Waals surface area contributed by atoms with Crippen LogP contribution in [0.2, 0.25) is 0 Å². The van der Waals surface area contributed by atoms with Crippen LogP contribution in [0.5, 0.6) is 0 Å². The molecule has 0 aliphatic heterocycles. The van der Waals surface area contributed by atoms with Crippen LogP contribution in [0.3, 0.4) is 0 Å². The molecule has 6 heteroatoms. The predicted molar refractivity (Wildman–Crippen MR) is 63.0 cm³/mol. The number of ether oxygens (including phenoxy) is 2. The summed E-state index contributed by atoms with van der Waals surface area (Å²) in [5.41, 5.74) is 0. The quantitative estimate of drug-likeness (QED) is 0.433. The van der Waals surface area contributed by atoms with Crippen LogP contribution in [0.4, 0.5) is 4.39 Å². The van der Waals surface area contributed by atoms with Crippen molar-refractivity contribution in [3.05, 3.63) is 0 Å². The largest absolute Gasteiger partial charge is 0.469 e. The van der Waals surface area contributed by atoms with E-state index in [-0.39, 0.29) is 10.3 Å². The van der Waals surface area contributed by atoms with Crippen LogP contribution in [0.1, 0.15) is 12.8 Å². The third-order valence-corrected chi connectivity index (χ3v) is 4.13. The summed E-state index contributed by atoms with van der Waals surface area (Å²) in [6.07, 6.45) is -0.737. The topological polar surface area (TPSA) is 52.6 Å². The van der Waals surface area contributed by atoms with Gasteiger partial charge in [-0.15, -0.1) is 0 Å². The highest BCUT2D eigenvalue weighted by Crippen LogP contribution is 2.37. The number of alkyl halides is 2. The molecule has 0 heterocycles. The van der Waals surface area contributed by atoms with Crippen LogP contribution in [0, 0.1) is 11.8 Å². The number of rotatable bonds is 2.